The highest BCUT2D eigenvalue weighted by molar-refractivity contribution is 7.98. The monoisotopic (exact) mass is 305 g/mol. The van der Waals surface area contributed by atoms with E-state index in [-0.39, 0.29) is 0 Å². The van der Waals surface area contributed by atoms with Crippen LogP contribution in [-0.2, 0) is 5.75 Å². The number of aromatic nitrogens is 3. The van der Waals surface area contributed by atoms with E-state index in [4.69, 9.17) is 4.98 Å². The lowest BCUT2D eigenvalue weighted by molar-refractivity contribution is 1.16. The second kappa shape index (κ2) is 5.46. The lowest BCUT2D eigenvalue weighted by Gasteiger charge is -2.03. The minimum atomic E-state index is 0.844. The third-order valence-electron chi connectivity index (χ3n) is 3.70. The van der Waals surface area contributed by atoms with Crippen LogP contribution in [0, 0.1) is 6.92 Å². The van der Waals surface area contributed by atoms with Gasteiger partial charge in [0.1, 0.15) is 5.65 Å². The van der Waals surface area contributed by atoms with Crippen molar-refractivity contribution in [3.8, 4) is 0 Å². The predicted molar refractivity (Wildman–Crippen MR) is 91.2 cm³/mol. The lowest BCUT2D eigenvalue weighted by Crippen LogP contribution is -1.84. The summed E-state index contributed by atoms with van der Waals surface area (Å²) in [5.41, 5.74) is 4.39. The van der Waals surface area contributed by atoms with Gasteiger partial charge in [0.2, 0.25) is 0 Å². The van der Waals surface area contributed by atoms with Gasteiger partial charge in [-0.3, -0.25) is 4.98 Å². The Hall–Kier alpha value is -2.33. The van der Waals surface area contributed by atoms with Gasteiger partial charge in [0.05, 0.1) is 11.2 Å². The number of aryl methyl sites for hydroxylation is 1. The number of nitrogens with zero attached hydrogens (tertiary/aromatic N) is 3. The van der Waals surface area contributed by atoms with Gasteiger partial charge in [-0.1, -0.05) is 24.3 Å². The average molecular weight is 305 g/mol. The van der Waals surface area contributed by atoms with Crippen molar-refractivity contribution in [1.29, 1.82) is 0 Å². The smallest absolute Gasteiger partial charge is 0.139 e. The highest BCUT2D eigenvalue weighted by atomic mass is 32.2. The maximum Gasteiger partial charge on any atom is 0.139 e. The van der Waals surface area contributed by atoms with Crippen LogP contribution in [0.15, 0.2) is 66.0 Å². The number of thioether (sulfide) groups is 1. The Morgan fingerprint density at radius 3 is 2.91 bits per heavy atom. The number of imidazole rings is 1. The Balaban J connectivity index is 1.64. The van der Waals surface area contributed by atoms with Crippen LogP contribution in [0.4, 0.5) is 0 Å². The van der Waals surface area contributed by atoms with E-state index in [1.54, 1.807) is 11.8 Å². The Labute approximate surface area is 133 Å². The van der Waals surface area contributed by atoms with Gasteiger partial charge in [-0.15, -0.1) is 11.8 Å². The molecule has 0 aliphatic heterocycles. The second-order valence-electron chi connectivity index (χ2n) is 5.27. The molecule has 0 saturated heterocycles. The van der Waals surface area contributed by atoms with Gasteiger partial charge in [0.25, 0.3) is 0 Å². The van der Waals surface area contributed by atoms with E-state index in [0.29, 0.717) is 0 Å². The van der Waals surface area contributed by atoms with Crippen LogP contribution in [0.2, 0.25) is 0 Å². The van der Waals surface area contributed by atoms with Crippen LogP contribution in [0.5, 0.6) is 0 Å². The number of hydrogen-bond donors (Lipinski definition) is 0. The summed E-state index contributed by atoms with van der Waals surface area (Å²) < 4.78 is 2.09. The molecule has 0 atom stereocenters. The quantitative estimate of drug-likeness (QED) is 0.523. The van der Waals surface area contributed by atoms with Crippen molar-refractivity contribution in [2.75, 3.05) is 0 Å². The summed E-state index contributed by atoms with van der Waals surface area (Å²) in [4.78, 5) is 10.4. The number of para-hydroxylation sites is 1. The standard InChI is InChI=1S/C18H15N3S/c1-13-5-4-10-21-11-15(20-18(13)21)12-22-16-8-2-6-14-7-3-9-19-17(14)16/h2-11H,12H2,1H3. The molecule has 0 unspecified atom stereocenters. The third kappa shape index (κ3) is 2.35. The zero-order valence-electron chi connectivity index (χ0n) is 12.2. The maximum atomic E-state index is 4.73. The Morgan fingerprint density at radius 2 is 2.00 bits per heavy atom. The highest BCUT2D eigenvalue weighted by Gasteiger charge is 2.06. The second-order valence-corrected chi connectivity index (χ2v) is 6.29. The van der Waals surface area contributed by atoms with Crippen molar-refractivity contribution in [3.05, 3.63) is 72.3 Å². The topological polar surface area (TPSA) is 30.2 Å². The Bertz CT molecular complexity index is 954. The normalized spacial score (nSPS) is 11.3. The molecule has 0 N–H and O–H groups in total. The van der Waals surface area contributed by atoms with Gasteiger partial charge in [-0.2, -0.15) is 0 Å². The molecular formula is C18H15N3S. The fraction of sp³-hybridized carbons (Fsp3) is 0.111. The van der Waals surface area contributed by atoms with Crippen LogP contribution in [0.1, 0.15) is 11.3 Å². The first-order chi connectivity index (χ1) is 10.8. The van der Waals surface area contributed by atoms with Crippen LogP contribution < -0.4 is 0 Å². The molecule has 3 aromatic heterocycles. The average Bonchev–Trinajstić information content (AvgIpc) is 2.97. The molecule has 0 radical (unpaired) electrons. The summed E-state index contributed by atoms with van der Waals surface area (Å²) in [5, 5.41) is 1.18. The molecule has 0 saturated carbocycles. The van der Waals surface area contributed by atoms with E-state index in [1.165, 1.54) is 15.8 Å². The summed E-state index contributed by atoms with van der Waals surface area (Å²) in [6, 6.07) is 14.5. The summed E-state index contributed by atoms with van der Waals surface area (Å²) >= 11 is 1.79. The molecular weight excluding hydrogens is 290 g/mol. The lowest BCUT2D eigenvalue weighted by atomic mass is 10.2. The van der Waals surface area contributed by atoms with E-state index >= 15 is 0 Å². The minimum absolute atomic E-state index is 0.844. The van der Waals surface area contributed by atoms with Gasteiger partial charge in [-0.05, 0) is 30.7 Å². The first kappa shape index (κ1) is 13.3. The van der Waals surface area contributed by atoms with Crippen molar-refractivity contribution in [2.24, 2.45) is 0 Å². The molecule has 4 heteroatoms. The number of benzene rings is 1. The highest BCUT2D eigenvalue weighted by Crippen LogP contribution is 2.28. The summed E-state index contributed by atoms with van der Waals surface area (Å²) in [5.74, 6) is 0.844. The molecule has 0 aliphatic rings. The van der Waals surface area contributed by atoms with E-state index in [1.807, 2.05) is 18.5 Å². The molecule has 108 valence electrons. The first-order valence-corrected chi connectivity index (χ1v) is 8.19. The van der Waals surface area contributed by atoms with E-state index in [2.05, 4.69) is 58.9 Å². The van der Waals surface area contributed by atoms with Crippen LogP contribution >= 0.6 is 11.8 Å². The number of hydrogen-bond acceptors (Lipinski definition) is 3. The van der Waals surface area contributed by atoms with Gasteiger partial charge in [-0.25, -0.2) is 4.98 Å². The summed E-state index contributed by atoms with van der Waals surface area (Å²) in [6.45, 7) is 2.09. The van der Waals surface area contributed by atoms with Gasteiger partial charge in [0.15, 0.2) is 0 Å². The van der Waals surface area contributed by atoms with Crippen molar-refractivity contribution in [2.45, 2.75) is 17.6 Å². The van der Waals surface area contributed by atoms with Gasteiger partial charge >= 0.3 is 0 Å². The molecule has 0 spiro atoms. The molecule has 0 amide bonds. The number of pyridine rings is 2. The zero-order valence-corrected chi connectivity index (χ0v) is 13.0. The van der Waals surface area contributed by atoms with Crippen LogP contribution in [0.25, 0.3) is 16.6 Å². The number of fused-ring (bicyclic) bond motifs is 2. The van der Waals surface area contributed by atoms with Crippen molar-refractivity contribution >= 4 is 28.3 Å². The Kier molecular flexibility index (Phi) is 3.31. The maximum absolute atomic E-state index is 4.73. The molecule has 3 nitrogen and oxygen atoms in total. The van der Waals surface area contributed by atoms with E-state index < -0.39 is 0 Å². The molecule has 4 aromatic rings. The van der Waals surface area contributed by atoms with Crippen LogP contribution in [0.3, 0.4) is 0 Å². The van der Waals surface area contributed by atoms with E-state index in [9.17, 15) is 0 Å². The molecule has 0 aliphatic carbocycles. The fourth-order valence-electron chi connectivity index (χ4n) is 2.62. The largest absolute Gasteiger partial charge is 0.307 e. The Morgan fingerprint density at radius 1 is 1.09 bits per heavy atom. The minimum Gasteiger partial charge on any atom is -0.307 e. The predicted octanol–water partition coefficient (Wildman–Crippen LogP) is 4.48. The third-order valence-corrected chi connectivity index (χ3v) is 4.78. The summed E-state index contributed by atoms with van der Waals surface area (Å²) in [7, 11) is 0. The fourth-order valence-corrected chi connectivity index (χ4v) is 3.54. The van der Waals surface area contributed by atoms with E-state index in [0.717, 1.165) is 22.6 Å². The first-order valence-electron chi connectivity index (χ1n) is 7.21. The van der Waals surface area contributed by atoms with Gasteiger partial charge in [0, 0.05) is 34.6 Å². The summed E-state index contributed by atoms with van der Waals surface area (Å²) in [6.07, 6.45) is 6.00. The molecule has 1 aromatic carbocycles. The van der Waals surface area contributed by atoms with Crippen molar-refractivity contribution in [1.82, 2.24) is 14.4 Å². The molecule has 0 fully saturated rings. The zero-order chi connectivity index (χ0) is 14.9. The SMILES string of the molecule is Cc1cccn2cc(CSc3cccc4cccnc34)nc12. The van der Waals surface area contributed by atoms with Gasteiger partial charge < -0.3 is 4.40 Å². The van der Waals surface area contributed by atoms with Crippen molar-refractivity contribution < 1.29 is 0 Å². The molecule has 3 heterocycles. The van der Waals surface area contributed by atoms with Crippen molar-refractivity contribution in [3.63, 3.8) is 0 Å². The molecule has 22 heavy (non-hydrogen) atoms. The number of rotatable bonds is 3. The molecule has 4 rings (SSSR count). The van der Waals surface area contributed by atoms with Crippen LogP contribution in [-0.4, -0.2) is 14.4 Å². The molecule has 0 bridgehead atoms.